The SMILES string of the molecule is C.C.C.C.C.C.C.C.C.CC(=O)CCCN=[N+]=[N-].CCC(=O)C(C)N=[N+]=[N-].CCC(=O)CN=[N+]=[N-].CCCN=[N+]=[N-].CCN(CC)CCN=[N+]=[N-].CN(C)CCN=[N+]=[N-].Cc1ccc(N=[N+]=[N-])cc1.[N-]=[N+]=NCc1ccccc1.[N-]=[N+]=NCc1ccccc1.[N-]=[N+]=Nc1ccccc1.[N-]=[N+]=Nc1ccncc1. The maximum Gasteiger partial charge on any atom is 0.141 e. The predicted molar refractivity (Wildman–Crippen MR) is 443 cm³/mol. The summed E-state index contributed by atoms with van der Waals surface area (Å²) in [5.74, 6) is 0.0961. The van der Waals surface area contributed by atoms with Gasteiger partial charge in [0.1, 0.15) is 17.3 Å². The van der Waals surface area contributed by atoms with Crippen LogP contribution in [0.1, 0.15) is 164 Å². The minimum absolute atomic E-state index is 0. The highest BCUT2D eigenvalue weighted by molar-refractivity contribution is 5.83. The van der Waals surface area contributed by atoms with Gasteiger partial charge in [0.25, 0.3) is 0 Å². The highest BCUT2D eigenvalue weighted by Crippen LogP contribution is 2.12. The molecule has 1 aromatic heterocycles. The van der Waals surface area contributed by atoms with Crippen LogP contribution in [0, 0.1) is 6.92 Å². The summed E-state index contributed by atoms with van der Waals surface area (Å²) in [5.41, 5.74) is 92.0. The number of azide groups is 11. The van der Waals surface area contributed by atoms with Crippen molar-refractivity contribution in [3.05, 3.63) is 271 Å². The number of benzene rings is 4. The second-order valence-electron chi connectivity index (χ2n) is 18.1. The van der Waals surface area contributed by atoms with Crippen LogP contribution in [0.3, 0.4) is 0 Å². The van der Waals surface area contributed by atoms with Crippen molar-refractivity contribution in [3.63, 3.8) is 0 Å². The van der Waals surface area contributed by atoms with Crippen LogP contribution in [0.4, 0.5) is 17.1 Å². The summed E-state index contributed by atoms with van der Waals surface area (Å²) in [6.45, 7) is 21.5. The van der Waals surface area contributed by atoms with Crippen molar-refractivity contribution in [3.8, 4) is 0 Å². The molecule has 0 N–H and O–H groups in total. The topological polar surface area (TPSA) is 607 Å². The van der Waals surface area contributed by atoms with Crippen LogP contribution in [0.25, 0.3) is 115 Å². The fraction of sp³-hybridized carbons (Fsp3) is 0.529. The van der Waals surface area contributed by atoms with Crippen LogP contribution in [-0.4, -0.2) is 111 Å². The van der Waals surface area contributed by atoms with Gasteiger partial charge in [-0.3, -0.25) is 14.6 Å². The van der Waals surface area contributed by atoms with Gasteiger partial charge in [0, 0.05) is 142 Å². The molecule has 0 fully saturated rings. The van der Waals surface area contributed by atoms with Gasteiger partial charge in [-0.1, -0.05) is 285 Å². The maximum atomic E-state index is 10.6. The quantitative estimate of drug-likeness (QED) is 0.0213. The lowest BCUT2D eigenvalue weighted by Crippen LogP contribution is -2.25. The number of hydrogen-bond donors (Lipinski definition) is 0. The number of hydrogen-bond acceptors (Lipinski definition) is 17. The van der Waals surface area contributed by atoms with Gasteiger partial charge < -0.3 is 14.6 Å². The fourth-order valence-corrected chi connectivity index (χ4v) is 5.37. The summed E-state index contributed by atoms with van der Waals surface area (Å²) in [4.78, 5) is 67.7. The molecule has 0 aliphatic carbocycles. The molecule has 39 heteroatoms. The van der Waals surface area contributed by atoms with Gasteiger partial charge in [-0.25, -0.2) is 0 Å². The summed E-state index contributed by atoms with van der Waals surface area (Å²) in [5, 5.41) is 36.6. The van der Waals surface area contributed by atoms with Crippen molar-refractivity contribution in [1.29, 1.82) is 0 Å². The molecule has 5 aromatic rings. The van der Waals surface area contributed by atoms with E-state index in [1.165, 1.54) is 6.92 Å². The van der Waals surface area contributed by atoms with Gasteiger partial charge in [-0.05, 0) is 138 Å². The normalized spacial score (nSPS) is 7.89. The average molecular weight is 1490 g/mol. The lowest BCUT2D eigenvalue weighted by molar-refractivity contribution is -0.119. The van der Waals surface area contributed by atoms with Crippen LogP contribution < -0.4 is 0 Å². The van der Waals surface area contributed by atoms with Gasteiger partial charge >= 0.3 is 0 Å². The third-order valence-corrected chi connectivity index (χ3v) is 10.4. The number of aromatic nitrogens is 1. The Bertz CT molecular complexity index is 3300. The van der Waals surface area contributed by atoms with E-state index in [0.717, 1.165) is 49.3 Å². The lowest BCUT2D eigenvalue weighted by atomic mass is 10.2. The second kappa shape index (κ2) is 109. The lowest BCUT2D eigenvalue weighted by Gasteiger charge is -2.15. The largest absolute Gasteiger partial charge is 0.309 e. The molecule has 0 aliphatic rings. The number of aryl methyl sites for hydroxylation is 1. The first-order valence-corrected chi connectivity index (χ1v) is 29.7. The molecule has 0 amide bonds. The zero-order valence-corrected chi connectivity index (χ0v) is 57.0. The van der Waals surface area contributed by atoms with Gasteiger partial charge in [0.2, 0.25) is 0 Å². The number of ketones is 3. The van der Waals surface area contributed by atoms with Crippen LogP contribution in [-0.2, 0) is 27.5 Å². The summed E-state index contributed by atoms with van der Waals surface area (Å²) in [6, 6.07) is 38.4. The van der Waals surface area contributed by atoms with E-state index < -0.39 is 6.04 Å². The standard InChI is InChI=1S/3C7H7N3.C6H14N4.C6H5N3.C5H4N4.2C5H9N3O.C4H10N4.C4H7N3O.C3H7N3.9CH4/c1-6-2-4-7(5-3-6)9-10-8;2*8-10-9-6-7-4-2-1-3-5-7;1-3-10(4-2)6-5-8-9-7;7-9-8-6-4-2-1-3-5-6;6-9-8-5-1-3-7-4-2-5;1-5(9)3-2-4-7-8-6;1-3-5(9)4(2)7-8-6;1-8(2)4-3-6-7-5;1-2-4(8)3-6-7-5;1-2-3-5-6-4;;;;;;;;;/h2-5H,1H3;2*1-5H,6H2;3-6H2,1-2H3;1-5H;1-4H;2-4H2,1H3;4H,3H2,1-2H3;3-4H2,1-2H3;2-3H2,1H3;2-3H2,1H3;9*1H4. The third-order valence-electron chi connectivity index (χ3n) is 10.4. The molecule has 1 atom stereocenters. The fourth-order valence-electron chi connectivity index (χ4n) is 5.37. The predicted octanol–water partition coefficient (Wildman–Crippen LogP) is 27.1. The Morgan fingerprint density at radius 2 is 0.794 bits per heavy atom. The Hall–Kier alpha value is -12.6. The van der Waals surface area contributed by atoms with E-state index in [9.17, 15) is 14.4 Å². The number of carbonyl (C=O) groups is 3. The van der Waals surface area contributed by atoms with Crippen LogP contribution in [0.15, 0.2) is 196 Å². The number of likely N-dealkylation sites (N-methyl/N-ethyl adjacent to an activating group) is 2. The molecule has 4 aromatic carbocycles. The molecule has 1 heterocycles. The number of rotatable bonds is 27. The highest BCUT2D eigenvalue weighted by atomic mass is 16.1. The van der Waals surface area contributed by atoms with Gasteiger partial charge in [0.05, 0.1) is 25.7 Å². The number of pyridine rings is 1. The van der Waals surface area contributed by atoms with Crippen LogP contribution in [0.5, 0.6) is 0 Å². The van der Waals surface area contributed by atoms with Gasteiger partial charge in [0.15, 0.2) is 0 Å². The Kier molecular flexibility index (Phi) is 133. The summed E-state index contributed by atoms with van der Waals surface area (Å²) in [7, 11) is 3.87. The van der Waals surface area contributed by atoms with E-state index in [1.807, 2.05) is 124 Å². The molecule has 1 unspecified atom stereocenters. The van der Waals surface area contributed by atoms with Crippen molar-refractivity contribution < 1.29 is 14.4 Å². The number of carbonyl (C=O) groups excluding carboxylic acids is 3. The molecule has 39 nitrogen and oxygen atoms in total. The first-order chi connectivity index (χ1) is 47.4. The molecular weight excluding hydrogens is 1370 g/mol. The van der Waals surface area contributed by atoms with E-state index in [1.54, 1.807) is 69.6 Å². The number of nitrogens with zero attached hydrogens (tertiary/aromatic N) is 36. The smallest absolute Gasteiger partial charge is 0.141 e. The molecule has 0 saturated heterocycles. The summed E-state index contributed by atoms with van der Waals surface area (Å²) < 4.78 is 0. The minimum Gasteiger partial charge on any atom is -0.309 e. The molecule has 0 spiro atoms. The molecular formula is C68H122N36O3. The first kappa shape index (κ1) is 131. The van der Waals surface area contributed by atoms with Crippen molar-refractivity contribution in [1.82, 2.24) is 14.8 Å². The summed E-state index contributed by atoms with van der Waals surface area (Å²) in [6.07, 6.45) is 6.13. The Morgan fingerprint density at radius 1 is 0.430 bits per heavy atom. The van der Waals surface area contributed by atoms with Gasteiger partial charge in [-0.15, -0.1) is 0 Å². The van der Waals surface area contributed by atoms with Crippen molar-refractivity contribution in [2.45, 2.75) is 173 Å². The molecule has 0 aliphatic heterocycles. The Labute approximate surface area is 635 Å². The van der Waals surface area contributed by atoms with Crippen molar-refractivity contribution in [2.75, 3.05) is 73.0 Å². The molecule has 5 rings (SSSR count). The molecule has 0 radical (unpaired) electrons. The van der Waals surface area contributed by atoms with Gasteiger partial charge in [-0.2, -0.15) is 0 Å². The summed E-state index contributed by atoms with van der Waals surface area (Å²) >= 11 is 0. The van der Waals surface area contributed by atoms with Crippen molar-refractivity contribution in [2.24, 2.45) is 56.3 Å². The zero-order valence-electron chi connectivity index (χ0n) is 57.0. The van der Waals surface area contributed by atoms with Crippen LogP contribution >= 0.6 is 0 Å². The zero-order chi connectivity index (χ0) is 74.8. The van der Waals surface area contributed by atoms with E-state index in [4.69, 9.17) is 60.8 Å². The third kappa shape index (κ3) is 110. The molecule has 0 bridgehead atoms. The first-order valence-electron chi connectivity index (χ1n) is 29.7. The Morgan fingerprint density at radius 3 is 1.12 bits per heavy atom. The van der Waals surface area contributed by atoms with E-state index in [-0.39, 0.29) is 90.7 Å². The van der Waals surface area contributed by atoms with Crippen LogP contribution in [0.2, 0.25) is 0 Å². The van der Waals surface area contributed by atoms with E-state index in [2.05, 4.69) is 134 Å². The van der Waals surface area contributed by atoms with Crippen molar-refractivity contribution >= 4 is 34.4 Å². The van der Waals surface area contributed by atoms with E-state index in [0.29, 0.717) is 82.0 Å². The maximum absolute atomic E-state index is 10.6. The second-order valence-corrected chi connectivity index (χ2v) is 18.1. The molecule has 0 saturated carbocycles. The monoisotopic (exact) mass is 1490 g/mol. The van der Waals surface area contributed by atoms with E-state index >= 15 is 0 Å². The molecule has 107 heavy (non-hydrogen) atoms. The Balaban J connectivity index is -0.0000000665. The number of Topliss-reactive ketones (excluding diaryl/α,β-unsaturated/α-hetero) is 3. The highest BCUT2D eigenvalue weighted by Gasteiger charge is 2.06. The minimum atomic E-state index is -0.500. The average Bonchev–Trinajstić information content (AvgIpc) is 1.06. The molecule has 592 valence electrons.